The molecule has 33 heavy (non-hydrogen) atoms. The Bertz CT molecular complexity index is 1110. The van der Waals surface area contributed by atoms with E-state index in [0.717, 1.165) is 25.7 Å². The van der Waals surface area contributed by atoms with Gasteiger partial charge in [-0.2, -0.15) is 4.98 Å². The van der Waals surface area contributed by atoms with Crippen LogP contribution in [-0.2, 0) is 18.4 Å². The number of hydrogen-bond donors (Lipinski definition) is 5. The third kappa shape index (κ3) is 5.75. The van der Waals surface area contributed by atoms with Gasteiger partial charge >= 0.3 is 15.2 Å². The Morgan fingerprint density at radius 2 is 1.97 bits per heavy atom. The molecular weight excluding hydrogens is 505 g/mol. The van der Waals surface area contributed by atoms with Crippen LogP contribution in [0, 0.1) is 0 Å². The van der Waals surface area contributed by atoms with Crippen LogP contribution in [0.3, 0.4) is 0 Å². The lowest BCUT2D eigenvalue weighted by Crippen LogP contribution is -2.31. The van der Waals surface area contributed by atoms with Gasteiger partial charge in [-0.25, -0.2) is 8.91 Å². The first kappa shape index (κ1) is 25.0. The first-order valence-corrected chi connectivity index (χ1v) is 14.2. The van der Waals surface area contributed by atoms with E-state index in [4.69, 9.17) is 26.1 Å². The molecule has 0 bridgehead atoms. The van der Waals surface area contributed by atoms with E-state index in [1.165, 1.54) is 4.52 Å². The second kappa shape index (κ2) is 9.49. The highest BCUT2D eigenvalue weighted by atomic mass is 35.5. The summed E-state index contributed by atoms with van der Waals surface area (Å²) in [6, 6.07) is 3.45. The summed E-state index contributed by atoms with van der Waals surface area (Å²) in [6.45, 7) is -0.751. The van der Waals surface area contributed by atoms with Crippen LogP contribution in [0.25, 0.3) is 5.52 Å². The quantitative estimate of drug-likeness (QED) is 0.317. The number of nitrogens with zero attached hydrogens (tertiary/aromatic N) is 3. The van der Waals surface area contributed by atoms with E-state index in [1.807, 2.05) is 0 Å². The molecule has 3 heterocycles. The van der Waals surface area contributed by atoms with E-state index >= 15 is 0 Å². The van der Waals surface area contributed by atoms with E-state index in [1.54, 1.807) is 12.1 Å². The molecule has 12 nitrogen and oxygen atoms in total. The monoisotopic (exact) mass is 528 g/mol. The number of rotatable bonds is 8. The minimum atomic E-state index is -4.83. The smallest absolute Gasteiger partial charge is 0.340 e. The fraction of sp³-hybridized carbons (Fsp3) is 0.647. The molecule has 16 heteroatoms. The molecule has 0 amide bonds. The molecule has 5 atom stereocenters. The molecule has 1 saturated heterocycles. The van der Waals surface area contributed by atoms with Crippen LogP contribution < -0.4 is 5.32 Å². The van der Waals surface area contributed by atoms with Crippen LogP contribution in [0.2, 0.25) is 5.28 Å². The summed E-state index contributed by atoms with van der Waals surface area (Å²) in [5, 5.41) is 17.6. The highest BCUT2D eigenvalue weighted by Crippen LogP contribution is 2.55. The number of alkyl halides is 1. The van der Waals surface area contributed by atoms with E-state index < -0.39 is 52.2 Å². The maximum Gasteiger partial charge on any atom is 0.340 e. The number of anilines is 1. The maximum atomic E-state index is 15.0. The SMILES string of the molecule is O=P(O)(O)CP(=O)(O)OC[C@H]1O[C@@H](c2ccc3c(NC4CCCC4)nc(Cl)nn23)[C@@H](F)[C@@H]1O. The van der Waals surface area contributed by atoms with Gasteiger partial charge in [0.2, 0.25) is 5.28 Å². The number of ether oxygens (including phenoxy) is 1. The topological polar surface area (TPSA) is 176 Å². The number of aliphatic hydroxyl groups excluding tert-OH is 1. The molecule has 0 spiro atoms. The molecule has 1 aliphatic carbocycles. The first-order chi connectivity index (χ1) is 15.4. The Balaban J connectivity index is 1.53. The van der Waals surface area contributed by atoms with E-state index in [2.05, 4.69) is 19.9 Å². The second-order valence-electron chi connectivity index (χ2n) is 8.18. The van der Waals surface area contributed by atoms with Crippen molar-refractivity contribution in [1.82, 2.24) is 14.6 Å². The van der Waals surface area contributed by atoms with Crippen molar-refractivity contribution in [3.8, 4) is 0 Å². The van der Waals surface area contributed by atoms with Crippen LogP contribution in [0.1, 0.15) is 37.5 Å². The average molecular weight is 529 g/mol. The van der Waals surface area contributed by atoms with Crippen molar-refractivity contribution < 1.29 is 42.6 Å². The fourth-order valence-electron chi connectivity index (χ4n) is 4.14. The van der Waals surface area contributed by atoms with Gasteiger partial charge in [-0.15, -0.1) is 5.10 Å². The second-order valence-corrected chi connectivity index (χ2v) is 12.5. The lowest BCUT2D eigenvalue weighted by molar-refractivity contribution is -0.0199. The van der Waals surface area contributed by atoms with Crippen molar-refractivity contribution in [2.75, 3.05) is 17.8 Å². The number of aliphatic hydroxyl groups is 1. The van der Waals surface area contributed by atoms with Gasteiger partial charge in [0.25, 0.3) is 0 Å². The maximum absolute atomic E-state index is 15.0. The summed E-state index contributed by atoms with van der Waals surface area (Å²) in [6.07, 6.45) is -2.12. The molecule has 2 fully saturated rings. The van der Waals surface area contributed by atoms with Crippen LogP contribution in [-0.4, -0.2) is 71.3 Å². The fourth-order valence-corrected chi connectivity index (χ4v) is 6.87. The highest BCUT2D eigenvalue weighted by Gasteiger charge is 2.47. The lowest BCUT2D eigenvalue weighted by atomic mass is 10.1. The summed E-state index contributed by atoms with van der Waals surface area (Å²) in [5.41, 5.74) is 0.771. The van der Waals surface area contributed by atoms with Gasteiger partial charge < -0.3 is 34.4 Å². The number of fused-ring (bicyclic) bond motifs is 1. The number of hydrogen-bond acceptors (Lipinski definition) is 8. The van der Waals surface area contributed by atoms with E-state index in [9.17, 15) is 23.5 Å². The van der Waals surface area contributed by atoms with Crippen molar-refractivity contribution in [3.63, 3.8) is 0 Å². The predicted octanol–water partition coefficient (Wildman–Crippen LogP) is 2.21. The normalized spacial score (nSPS) is 28.4. The molecule has 2 aromatic rings. The third-order valence-corrected chi connectivity index (χ3v) is 9.24. The first-order valence-electron chi connectivity index (χ1n) is 10.2. The lowest BCUT2D eigenvalue weighted by Gasteiger charge is -2.18. The predicted molar refractivity (Wildman–Crippen MR) is 115 cm³/mol. The average Bonchev–Trinajstić information content (AvgIpc) is 3.40. The highest BCUT2D eigenvalue weighted by molar-refractivity contribution is 7.70. The van der Waals surface area contributed by atoms with Gasteiger partial charge in [-0.05, 0) is 36.6 Å². The van der Waals surface area contributed by atoms with Crippen molar-refractivity contribution in [2.24, 2.45) is 0 Å². The Labute approximate surface area is 192 Å². The minimum absolute atomic E-state index is 0.0760. The Morgan fingerprint density at radius 3 is 2.64 bits per heavy atom. The van der Waals surface area contributed by atoms with Crippen molar-refractivity contribution in [2.45, 2.75) is 56.2 Å². The summed E-state index contributed by atoms with van der Waals surface area (Å²) >= 11 is 6.08. The standard InChI is InChI=1S/C17H24ClFN4O8P2/c18-17-21-16(20-9-3-1-2-4-9)11-6-5-10(23(11)22-17)15-13(19)14(24)12(31-15)7-30-33(28,29)8-32(25,26)27/h5-6,9,12-15,24H,1-4,7-8H2,(H,28,29)(H,20,21,22)(H2,25,26,27)/t12-,13+,14-,15+/m1/s1. The zero-order chi connectivity index (χ0) is 24.0. The molecule has 1 unspecified atom stereocenters. The van der Waals surface area contributed by atoms with Gasteiger partial charge in [0.1, 0.15) is 23.8 Å². The zero-order valence-corrected chi connectivity index (χ0v) is 19.7. The molecule has 0 aromatic carbocycles. The number of halogens is 2. The molecular formula is C17H24ClFN4O8P2. The van der Waals surface area contributed by atoms with Crippen LogP contribution in [0.15, 0.2) is 12.1 Å². The largest absolute Gasteiger partial charge is 0.387 e. The number of aromatic nitrogens is 3. The summed E-state index contributed by atoms with van der Waals surface area (Å²) in [4.78, 5) is 31.6. The summed E-state index contributed by atoms with van der Waals surface area (Å²) in [5.74, 6) is -0.915. The summed E-state index contributed by atoms with van der Waals surface area (Å²) in [7, 11) is -9.52. The van der Waals surface area contributed by atoms with Crippen molar-refractivity contribution in [3.05, 3.63) is 23.1 Å². The molecule has 4 rings (SSSR count). The van der Waals surface area contributed by atoms with Gasteiger partial charge in [0.05, 0.1) is 12.3 Å². The zero-order valence-electron chi connectivity index (χ0n) is 17.2. The van der Waals surface area contributed by atoms with Gasteiger partial charge in [-0.1, -0.05) is 12.8 Å². The van der Waals surface area contributed by atoms with Crippen LogP contribution in [0.4, 0.5) is 10.2 Å². The van der Waals surface area contributed by atoms with Crippen LogP contribution in [0.5, 0.6) is 0 Å². The Kier molecular flexibility index (Phi) is 7.18. The van der Waals surface area contributed by atoms with Gasteiger partial charge in [0.15, 0.2) is 17.9 Å². The molecule has 2 aromatic heterocycles. The molecule has 1 aliphatic heterocycles. The summed E-state index contributed by atoms with van der Waals surface area (Å²) < 4.78 is 49.4. The van der Waals surface area contributed by atoms with Crippen molar-refractivity contribution in [1.29, 1.82) is 0 Å². The van der Waals surface area contributed by atoms with Crippen molar-refractivity contribution >= 4 is 38.1 Å². The van der Waals surface area contributed by atoms with Crippen LogP contribution >= 0.6 is 26.8 Å². The third-order valence-electron chi connectivity index (χ3n) is 5.62. The van der Waals surface area contributed by atoms with Gasteiger partial charge in [-0.3, -0.25) is 9.13 Å². The molecule has 1 saturated carbocycles. The molecule has 0 radical (unpaired) electrons. The Morgan fingerprint density at radius 1 is 1.27 bits per heavy atom. The molecule has 2 aliphatic rings. The van der Waals surface area contributed by atoms with Gasteiger partial charge in [0, 0.05) is 6.04 Å². The minimum Gasteiger partial charge on any atom is -0.387 e. The molecule has 5 N–H and O–H groups in total. The van der Waals surface area contributed by atoms with E-state index in [0.29, 0.717) is 11.3 Å². The molecule has 184 valence electrons. The van der Waals surface area contributed by atoms with E-state index in [-0.39, 0.29) is 17.0 Å². The number of nitrogens with one attached hydrogen (secondary N) is 1. The Hall–Kier alpha value is -1.14.